The fourth-order valence-electron chi connectivity index (χ4n) is 4.59. The molecule has 5 N–H and O–H groups in total. The van der Waals surface area contributed by atoms with Crippen LogP contribution in [0, 0.1) is 12.8 Å². The molecule has 4 rings (SSSR count). The van der Waals surface area contributed by atoms with Crippen molar-refractivity contribution in [2.24, 2.45) is 5.92 Å². The summed E-state index contributed by atoms with van der Waals surface area (Å²) in [6.07, 6.45) is 3.27. The van der Waals surface area contributed by atoms with E-state index in [0.29, 0.717) is 29.9 Å². The molecular formula is C24H41Cl4N5. The highest BCUT2D eigenvalue weighted by Crippen LogP contribution is 2.20. The van der Waals surface area contributed by atoms with Gasteiger partial charge in [0.25, 0.3) is 0 Å². The summed E-state index contributed by atoms with van der Waals surface area (Å²) in [5, 5.41) is 11.2. The molecule has 2 aliphatic heterocycles. The lowest BCUT2D eigenvalue weighted by Gasteiger charge is -2.24. The predicted octanol–water partition coefficient (Wildman–Crippen LogP) is 4.38. The van der Waals surface area contributed by atoms with Gasteiger partial charge in [0.2, 0.25) is 0 Å². The third-order valence-electron chi connectivity index (χ3n) is 5.85. The Morgan fingerprint density at radius 2 is 1.67 bits per heavy atom. The zero-order chi connectivity index (χ0) is 20.6. The molecule has 0 aliphatic carbocycles. The smallest absolute Gasteiger partial charge is 0.123 e. The van der Waals surface area contributed by atoms with Crippen LogP contribution in [0.2, 0.25) is 0 Å². The maximum atomic E-state index is 5.93. The summed E-state index contributed by atoms with van der Waals surface area (Å²) in [5.74, 6) is 1.19. The van der Waals surface area contributed by atoms with Gasteiger partial charge >= 0.3 is 0 Å². The molecule has 0 amide bonds. The number of nitrogens with two attached hydrogens (primary N) is 1. The molecule has 0 saturated carbocycles. The topological polar surface area (TPSA) is 75.0 Å². The van der Waals surface area contributed by atoms with Crippen LogP contribution < -0.4 is 21.7 Å². The minimum atomic E-state index is 0. The number of nitrogens with zero attached hydrogens (tertiary/aromatic N) is 1. The van der Waals surface area contributed by atoms with E-state index < -0.39 is 0 Å². The van der Waals surface area contributed by atoms with Crippen LogP contribution in [0.15, 0.2) is 42.5 Å². The van der Waals surface area contributed by atoms with Gasteiger partial charge in [-0.3, -0.25) is 0 Å². The van der Waals surface area contributed by atoms with Crippen LogP contribution in [0.3, 0.4) is 0 Å². The maximum absolute atomic E-state index is 5.93. The van der Waals surface area contributed by atoms with Crippen molar-refractivity contribution >= 4 is 55.4 Å². The van der Waals surface area contributed by atoms with Crippen LogP contribution >= 0.6 is 49.6 Å². The van der Waals surface area contributed by atoms with Crippen molar-refractivity contribution in [3.63, 3.8) is 0 Å². The van der Waals surface area contributed by atoms with Crippen molar-refractivity contribution in [1.82, 2.24) is 20.9 Å². The minimum Gasteiger partial charge on any atom is -0.384 e. The zero-order valence-corrected chi connectivity index (χ0v) is 23.0. The third-order valence-corrected chi connectivity index (χ3v) is 5.85. The van der Waals surface area contributed by atoms with E-state index in [9.17, 15) is 0 Å². The molecule has 0 bridgehead atoms. The number of pyridine rings is 1. The summed E-state index contributed by atoms with van der Waals surface area (Å²) < 4.78 is 0. The van der Waals surface area contributed by atoms with Crippen molar-refractivity contribution in [2.75, 3.05) is 25.4 Å². The van der Waals surface area contributed by atoms with Gasteiger partial charge in [-0.05, 0) is 61.9 Å². The van der Waals surface area contributed by atoms with Gasteiger partial charge in [0.1, 0.15) is 5.82 Å². The van der Waals surface area contributed by atoms with Crippen LogP contribution in [0.4, 0.5) is 5.82 Å². The van der Waals surface area contributed by atoms with Crippen LogP contribution in [0.5, 0.6) is 0 Å². The number of benzene rings is 1. The van der Waals surface area contributed by atoms with E-state index >= 15 is 0 Å². The van der Waals surface area contributed by atoms with Gasteiger partial charge in [-0.2, -0.15) is 0 Å². The third kappa shape index (κ3) is 10.6. The van der Waals surface area contributed by atoms with Crippen molar-refractivity contribution in [2.45, 2.75) is 58.2 Å². The molecule has 0 spiro atoms. The van der Waals surface area contributed by atoms with Gasteiger partial charge in [0.15, 0.2) is 0 Å². The average molecular weight is 541 g/mol. The van der Waals surface area contributed by atoms with Gasteiger partial charge < -0.3 is 21.7 Å². The molecule has 2 aliphatic rings. The molecule has 9 heteroatoms. The van der Waals surface area contributed by atoms with Crippen LogP contribution in [-0.2, 0) is 12.8 Å². The van der Waals surface area contributed by atoms with Gasteiger partial charge in [-0.1, -0.05) is 44.2 Å². The summed E-state index contributed by atoms with van der Waals surface area (Å²) in [4.78, 5) is 4.53. The molecule has 33 heavy (non-hydrogen) atoms. The number of anilines is 1. The summed E-state index contributed by atoms with van der Waals surface area (Å²) in [6.45, 7) is 9.21. The number of nitrogen functional groups attached to an aromatic ring is 1. The first kappa shape index (κ1) is 34.4. The van der Waals surface area contributed by atoms with Crippen molar-refractivity contribution in [1.29, 1.82) is 0 Å². The Balaban J connectivity index is 0. The van der Waals surface area contributed by atoms with Crippen LogP contribution in [0.1, 0.15) is 37.1 Å². The lowest BCUT2D eigenvalue weighted by atomic mass is 9.95. The first-order chi connectivity index (χ1) is 14.2. The van der Waals surface area contributed by atoms with Crippen LogP contribution in [0.25, 0.3) is 0 Å². The fourth-order valence-corrected chi connectivity index (χ4v) is 4.59. The number of aryl methyl sites for hydroxylation is 1. The van der Waals surface area contributed by atoms with Crippen LogP contribution in [-0.4, -0.2) is 42.7 Å². The molecule has 0 radical (unpaired) electrons. The van der Waals surface area contributed by atoms with E-state index in [1.54, 1.807) is 0 Å². The first-order valence-corrected chi connectivity index (χ1v) is 11.1. The molecule has 0 unspecified atom stereocenters. The Morgan fingerprint density at radius 3 is 2.33 bits per heavy atom. The Labute approximate surface area is 224 Å². The molecular weight excluding hydrogens is 500 g/mol. The highest BCUT2D eigenvalue weighted by atomic mass is 35.5. The second-order valence-electron chi connectivity index (χ2n) is 8.18. The number of rotatable bonds is 6. The van der Waals surface area contributed by atoms with E-state index in [4.69, 9.17) is 5.73 Å². The SMILES string of the molecule is CC.Cc1cc(N)nc(C[C@H]2CNC[C@H]2N[C@H]2CN[C@H](Cc3ccccc3)C2)c1.Cl.Cl.Cl.Cl. The standard InChI is InChI=1S/C22H31N5.C2H6.4ClH/c1-15-7-19(27-22(23)8-15)10-17-12-24-14-21(17)26-20-11-18(25-13-20)9-16-5-3-2-4-6-16;1-2;;;;/h2-8,17-18,20-21,24-26H,9-14H2,1H3,(H2,23,27);1-2H3;4*1H/t17-,18+,20+,21+;;;;;/m0...../s1. The highest BCUT2D eigenvalue weighted by molar-refractivity contribution is 5.86. The molecule has 4 atom stereocenters. The highest BCUT2D eigenvalue weighted by Gasteiger charge is 2.32. The van der Waals surface area contributed by atoms with E-state index in [1.807, 2.05) is 19.9 Å². The quantitative estimate of drug-likeness (QED) is 0.437. The van der Waals surface area contributed by atoms with Crippen molar-refractivity contribution in [3.05, 3.63) is 59.3 Å². The predicted molar refractivity (Wildman–Crippen MR) is 151 cm³/mol. The molecule has 5 nitrogen and oxygen atoms in total. The van der Waals surface area contributed by atoms with Gasteiger partial charge in [-0.25, -0.2) is 4.98 Å². The summed E-state index contributed by atoms with van der Waals surface area (Å²) >= 11 is 0. The normalized spacial score (nSPS) is 23.0. The molecule has 1 aromatic carbocycles. The second-order valence-corrected chi connectivity index (χ2v) is 8.18. The summed E-state index contributed by atoms with van der Waals surface area (Å²) in [6, 6.07) is 16.5. The van der Waals surface area contributed by atoms with Gasteiger partial charge in [0.05, 0.1) is 0 Å². The monoisotopic (exact) mass is 539 g/mol. The van der Waals surface area contributed by atoms with Gasteiger partial charge in [-0.15, -0.1) is 49.6 Å². The molecule has 1 aromatic heterocycles. The molecule has 3 heterocycles. The molecule has 190 valence electrons. The molecule has 2 aromatic rings. The number of aromatic nitrogens is 1. The van der Waals surface area contributed by atoms with Crippen molar-refractivity contribution < 1.29 is 0 Å². The summed E-state index contributed by atoms with van der Waals surface area (Å²) in [5.41, 5.74) is 9.65. The lowest BCUT2D eigenvalue weighted by molar-refractivity contribution is 0.378. The Kier molecular flexibility index (Phi) is 18.4. The van der Waals surface area contributed by atoms with Gasteiger partial charge in [0, 0.05) is 36.9 Å². The number of nitrogens with one attached hydrogen (secondary N) is 3. The van der Waals surface area contributed by atoms with E-state index in [-0.39, 0.29) is 49.6 Å². The number of halogens is 4. The first-order valence-electron chi connectivity index (χ1n) is 11.1. The average Bonchev–Trinajstić information content (AvgIpc) is 3.33. The van der Waals surface area contributed by atoms with E-state index in [2.05, 4.69) is 64.3 Å². The minimum absolute atomic E-state index is 0. The van der Waals surface area contributed by atoms with E-state index in [1.165, 1.54) is 17.5 Å². The Hall–Kier alpha value is -0.790. The van der Waals surface area contributed by atoms with E-state index in [0.717, 1.165) is 38.2 Å². The zero-order valence-electron chi connectivity index (χ0n) is 19.8. The molecule has 2 saturated heterocycles. The largest absolute Gasteiger partial charge is 0.384 e. The lowest BCUT2D eigenvalue weighted by Crippen LogP contribution is -2.44. The number of hydrogen-bond acceptors (Lipinski definition) is 5. The van der Waals surface area contributed by atoms with Crippen molar-refractivity contribution in [3.8, 4) is 0 Å². The Morgan fingerprint density at radius 1 is 0.970 bits per heavy atom. The molecule has 2 fully saturated rings. The second kappa shape index (κ2) is 17.6. The fraction of sp³-hybridized carbons (Fsp3) is 0.542. The summed E-state index contributed by atoms with van der Waals surface area (Å²) in [7, 11) is 0. The maximum Gasteiger partial charge on any atom is 0.123 e. The Bertz CT molecular complexity index is 746. The number of hydrogen-bond donors (Lipinski definition) is 4.